The van der Waals surface area contributed by atoms with E-state index in [2.05, 4.69) is 6.92 Å². The highest BCUT2D eigenvalue weighted by Gasteiger charge is 2.27. The van der Waals surface area contributed by atoms with Gasteiger partial charge in [-0.05, 0) is 24.5 Å². The minimum atomic E-state index is -1.08. The van der Waals surface area contributed by atoms with Gasteiger partial charge >= 0.3 is 0 Å². The van der Waals surface area contributed by atoms with E-state index >= 15 is 0 Å². The number of benzene rings is 1. The zero-order valence-corrected chi connectivity index (χ0v) is 8.58. The van der Waals surface area contributed by atoms with Crippen molar-refractivity contribution in [2.75, 3.05) is 0 Å². The molecule has 1 unspecified atom stereocenters. The summed E-state index contributed by atoms with van der Waals surface area (Å²) in [5.41, 5.74) is 11.9. The van der Waals surface area contributed by atoms with Crippen LogP contribution in [-0.2, 0) is 16.8 Å². The molecular weight excluding hydrogens is 176 g/mol. The molecule has 1 aromatic rings. The highest BCUT2D eigenvalue weighted by molar-refractivity contribution is 5.85. The topological polar surface area (TPSA) is 69.1 Å². The van der Waals surface area contributed by atoms with Crippen molar-refractivity contribution in [1.29, 1.82) is 0 Å². The summed E-state index contributed by atoms with van der Waals surface area (Å²) in [6.07, 6.45) is 0.970. The summed E-state index contributed by atoms with van der Waals surface area (Å²) in [5.74, 6) is -0.512. The van der Waals surface area contributed by atoms with Crippen LogP contribution < -0.4 is 11.5 Å². The van der Waals surface area contributed by atoms with Crippen LogP contribution in [0.3, 0.4) is 0 Å². The van der Waals surface area contributed by atoms with Crippen LogP contribution in [0.2, 0.25) is 0 Å². The number of hydrogen-bond donors (Lipinski definition) is 2. The van der Waals surface area contributed by atoms with E-state index in [4.69, 9.17) is 11.5 Å². The fraction of sp³-hybridized carbons (Fsp3) is 0.364. The maximum absolute atomic E-state index is 11.1. The molecule has 0 spiro atoms. The number of hydrogen-bond acceptors (Lipinski definition) is 2. The predicted octanol–water partition coefficient (Wildman–Crippen LogP) is 0.908. The number of carbonyl (C=O) groups excluding carboxylic acids is 1. The van der Waals surface area contributed by atoms with Gasteiger partial charge in [-0.2, -0.15) is 0 Å². The third-order valence-electron chi connectivity index (χ3n) is 2.47. The monoisotopic (exact) mass is 192 g/mol. The quantitative estimate of drug-likeness (QED) is 0.747. The summed E-state index contributed by atoms with van der Waals surface area (Å²) in [7, 11) is 0. The van der Waals surface area contributed by atoms with Gasteiger partial charge in [-0.15, -0.1) is 0 Å². The van der Waals surface area contributed by atoms with Gasteiger partial charge in [0.05, 0.1) is 0 Å². The molecule has 1 amide bonds. The minimum absolute atomic E-state index is 0.512. The number of amides is 1. The van der Waals surface area contributed by atoms with Crippen molar-refractivity contribution in [3.8, 4) is 0 Å². The van der Waals surface area contributed by atoms with Crippen molar-refractivity contribution in [3.63, 3.8) is 0 Å². The molecule has 0 aliphatic carbocycles. The van der Waals surface area contributed by atoms with Crippen LogP contribution in [0.4, 0.5) is 0 Å². The average Bonchev–Trinajstić information content (AvgIpc) is 2.17. The lowest BCUT2D eigenvalue weighted by atomic mass is 9.91. The van der Waals surface area contributed by atoms with Crippen molar-refractivity contribution in [2.45, 2.75) is 25.8 Å². The summed E-state index contributed by atoms with van der Waals surface area (Å²) in [4.78, 5) is 11.1. The van der Waals surface area contributed by atoms with Crippen LogP contribution in [0, 0.1) is 0 Å². The first-order chi connectivity index (χ1) is 6.48. The Bertz CT molecular complexity index is 328. The third-order valence-corrected chi connectivity index (χ3v) is 2.47. The van der Waals surface area contributed by atoms with Crippen molar-refractivity contribution in [1.82, 2.24) is 0 Å². The standard InChI is InChI=1S/C11H16N2O/c1-3-8-4-6-9(7-5-8)11(2,13)10(12)14/h4-7H,3,13H2,1-2H3,(H2,12,14). The molecule has 4 N–H and O–H groups in total. The molecule has 76 valence electrons. The van der Waals surface area contributed by atoms with Gasteiger partial charge in [-0.25, -0.2) is 0 Å². The Morgan fingerprint density at radius 3 is 2.21 bits per heavy atom. The second-order valence-electron chi connectivity index (χ2n) is 3.62. The number of aryl methyl sites for hydroxylation is 1. The second kappa shape index (κ2) is 3.80. The van der Waals surface area contributed by atoms with Crippen LogP contribution in [0.1, 0.15) is 25.0 Å². The fourth-order valence-electron chi connectivity index (χ4n) is 1.23. The van der Waals surface area contributed by atoms with Crippen molar-refractivity contribution in [3.05, 3.63) is 35.4 Å². The number of carbonyl (C=O) groups is 1. The normalized spacial score (nSPS) is 14.8. The lowest BCUT2D eigenvalue weighted by Crippen LogP contribution is -2.46. The zero-order valence-electron chi connectivity index (χ0n) is 8.58. The van der Waals surface area contributed by atoms with Crippen LogP contribution in [0.15, 0.2) is 24.3 Å². The summed E-state index contributed by atoms with van der Waals surface area (Å²) in [6, 6.07) is 7.62. The van der Waals surface area contributed by atoms with E-state index in [9.17, 15) is 4.79 Å². The van der Waals surface area contributed by atoms with E-state index in [0.29, 0.717) is 0 Å². The summed E-state index contributed by atoms with van der Waals surface area (Å²) in [6.45, 7) is 3.70. The maximum atomic E-state index is 11.1. The van der Waals surface area contributed by atoms with E-state index in [-0.39, 0.29) is 0 Å². The molecule has 0 aliphatic rings. The van der Waals surface area contributed by atoms with Gasteiger partial charge in [0, 0.05) is 0 Å². The lowest BCUT2D eigenvalue weighted by molar-refractivity contribution is -0.122. The van der Waals surface area contributed by atoms with E-state index < -0.39 is 11.4 Å². The van der Waals surface area contributed by atoms with Crippen LogP contribution >= 0.6 is 0 Å². The van der Waals surface area contributed by atoms with E-state index in [1.165, 1.54) is 5.56 Å². The first-order valence-corrected chi connectivity index (χ1v) is 4.66. The fourth-order valence-corrected chi connectivity index (χ4v) is 1.23. The molecule has 0 bridgehead atoms. The summed E-state index contributed by atoms with van der Waals surface area (Å²) >= 11 is 0. The predicted molar refractivity (Wildman–Crippen MR) is 56.6 cm³/mol. The molecule has 3 heteroatoms. The molecule has 0 radical (unpaired) electrons. The smallest absolute Gasteiger partial charge is 0.241 e. The molecule has 0 heterocycles. The van der Waals surface area contributed by atoms with Gasteiger partial charge in [0.1, 0.15) is 5.54 Å². The Kier molecular flexibility index (Phi) is 2.91. The molecule has 14 heavy (non-hydrogen) atoms. The summed E-state index contributed by atoms with van der Waals surface area (Å²) < 4.78 is 0. The van der Waals surface area contributed by atoms with Crippen molar-refractivity contribution < 1.29 is 4.79 Å². The molecule has 3 nitrogen and oxygen atoms in total. The third kappa shape index (κ3) is 1.93. The van der Waals surface area contributed by atoms with E-state index in [1.807, 2.05) is 24.3 Å². The maximum Gasteiger partial charge on any atom is 0.241 e. The van der Waals surface area contributed by atoms with Crippen molar-refractivity contribution >= 4 is 5.91 Å². The molecule has 0 aliphatic heterocycles. The minimum Gasteiger partial charge on any atom is -0.368 e. The molecule has 1 atom stereocenters. The highest BCUT2D eigenvalue weighted by Crippen LogP contribution is 2.17. The number of rotatable bonds is 3. The Labute approximate surface area is 84.1 Å². The first kappa shape index (κ1) is 10.7. The first-order valence-electron chi connectivity index (χ1n) is 4.66. The molecule has 0 fully saturated rings. The molecule has 0 saturated heterocycles. The van der Waals surface area contributed by atoms with Gasteiger partial charge < -0.3 is 11.5 Å². The van der Waals surface area contributed by atoms with Crippen LogP contribution in [0.5, 0.6) is 0 Å². The molecular formula is C11H16N2O. The van der Waals surface area contributed by atoms with Crippen molar-refractivity contribution in [2.24, 2.45) is 11.5 Å². The molecule has 1 rings (SSSR count). The Morgan fingerprint density at radius 2 is 1.86 bits per heavy atom. The van der Waals surface area contributed by atoms with Gasteiger partial charge in [0.2, 0.25) is 5.91 Å². The SMILES string of the molecule is CCc1ccc(C(C)(N)C(N)=O)cc1. The van der Waals surface area contributed by atoms with Gasteiger partial charge in [0.25, 0.3) is 0 Å². The Morgan fingerprint density at radius 1 is 1.36 bits per heavy atom. The number of primary amides is 1. The zero-order chi connectivity index (χ0) is 10.8. The largest absolute Gasteiger partial charge is 0.368 e. The van der Waals surface area contributed by atoms with Crippen LogP contribution in [-0.4, -0.2) is 5.91 Å². The molecule has 0 aromatic heterocycles. The summed E-state index contributed by atoms with van der Waals surface area (Å²) in [5, 5.41) is 0. The van der Waals surface area contributed by atoms with Gasteiger partial charge in [-0.1, -0.05) is 31.2 Å². The average molecular weight is 192 g/mol. The Hall–Kier alpha value is -1.35. The molecule has 1 aromatic carbocycles. The van der Waals surface area contributed by atoms with Crippen LogP contribution in [0.25, 0.3) is 0 Å². The lowest BCUT2D eigenvalue weighted by Gasteiger charge is -2.21. The Balaban J connectivity index is 3.02. The highest BCUT2D eigenvalue weighted by atomic mass is 16.1. The van der Waals surface area contributed by atoms with E-state index in [0.717, 1.165) is 12.0 Å². The van der Waals surface area contributed by atoms with Gasteiger partial charge in [0.15, 0.2) is 0 Å². The second-order valence-corrected chi connectivity index (χ2v) is 3.62. The van der Waals surface area contributed by atoms with Gasteiger partial charge in [-0.3, -0.25) is 4.79 Å². The number of nitrogens with two attached hydrogens (primary N) is 2. The van der Waals surface area contributed by atoms with E-state index in [1.54, 1.807) is 6.92 Å². The molecule has 0 saturated carbocycles.